The van der Waals surface area contributed by atoms with Crippen LogP contribution in [0.2, 0.25) is 0 Å². The summed E-state index contributed by atoms with van der Waals surface area (Å²) in [6.45, 7) is 7.67. The zero-order chi connectivity index (χ0) is 17.7. The van der Waals surface area contributed by atoms with Gasteiger partial charge in [0.25, 0.3) is 5.91 Å². The van der Waals surface area contributed by atoms with Gasteiger partial charge in [0, 0.05) is 11.6 Å². The number of hydrogen-bond acceptors (Lipinski definition) is 2. The average molecular weight is 325 g/mol. The van der Waals surface area contributed by atoms with Crippen molar-refractivity contribution >= 4 is 23.3 Å². The van der Waals surface area contributed by atoms with E-state index in [1.54, 1.807) is 18.2 Å². The van der Waals surface area contributed by atoms with E-state index in [0.29, 0.717) is 16.9 Å². The molecule has 0 unspecified atom stereocenters. The first-order valence-electron chi connectivity index (χ1n) is 7.91. The molecule has 0 aliphatic heterocycles. The van der Waals surface area contributed by atoms with Gasteiger partial charge in [-0.1, -0.05) is 29.3 Å². The van der Waals surface area contributed by atoms with Crippen molar-refractivity contribution in [2.75, 3.05) is 10.6 Å². The second-order valence-electron chi connectivity index (χ2n) is 6.13. The van der Waals surface area contributed by atoms with Gasteiger partial charge in [0.15, 0.2) is 0 Å². The summed E-state index contributed by atoms with van der Waals surface area (Å²) in [7, 11) is 0. The number of para-hydroxylation sites is 2. The van der Waals surface area contributed by atoms with Crippen LogP contribution in [0.5, 0.6) is 0 Å². The monoisotopic (exact) mass is 325 g/mol. The normalized spacial score (nSPS) is 10.4. The Morgan fingerprint density at radius 2 is 1.42 bits per heavy atom. The van der Waals surface area contributed by atoms with Gasteiger partial charge in [-0.2, -0.15) is 0 Å². The molecule has 0 heterocycles. The van der Waals surface area contributed by atoms with Crippen molar-refractivity contribution in [3.63, 3.8) is 0 Å². The fraction of sp³-hybridized carbons (Fsp3) is 0.263. The maximum Gasteiger partial charge on any atom is 0.319 e. The third kappa shape index (κ3) is 4.84. The standard InChI is InChI=1S/C19H23N3O2/c1-12(2)20-19(24)22-17-8-6-5-7-16(17)21-18(23)15-10-13(3)9-14(4)11-15/h5-12H,1-4H3,(H,21,23)(H2,20,22,24). The Bertz CT molecular complexity index is 734. The number of amides is 3. The largest absolute Gasteiger partial charge is 0.336 e. The zero-order valence-electron chi connectivity index (χ0n) is 14.4. The smallest absolute Gasteiger partial charge is 0.319 e. The molecule has 0 fully saturated rings. The first-order valence-corrected chi connectivity index (χ1v) is 7.91. The van der Waals surface area contributed by atoms with Crippen molar-refractivity contribution in [1.82, 2.24) is 5.32 Å². The van der Waals surface area contributed by atoms with Crippen molar-refractivity contribution in [1.29, 1.82) is 0 Å². The number of anilines is 2. The molecule has 0 atom stereocenters. The van der Waals surface area contributed by atoms with Gasteiger partial charge in [-0.3, -0.25) is 4.79 Å². The lowest BCUT2D eigenvalue weighted by Crippen LogP contribution is -2.34. The molecule has 126 valence electrons. The summed E-state index contributed by atoms with van der Waals surface area (Å²) in [5.41, 5.74) is 3.76. The number of rotatable bonds is 4. The van der Waals surface area contributed by atoms with Gasteiger partial charge in [0.05, 0.1) is 11.4 Å². The molecule has 5 nitrogen and oxygen atoms in total. The van der Waals surface area contributed by atoms with E-state index in [-0.39, 0.29) is 18.0 Å². The Hall–Kier alpha value is -2.82. The summed E-state index contributed by atoms with van der Waals surface area (Å²) in [6, 6.07) is 12.5. The Morgan fingerprint density at radius 1 is 0.875 bits per heavy atom. The van der Waals surface area contributed by atoms with E-state index in [1.165, 1.54) is 0 Å². The van der Waals surface area contributed by atoms with E-state index in [2.05, 4.69) is 16.0 Å². The van der Waals surface area contributed by atoms with E-state index in [0.717, 1.165) is 11.1 Å². The fourth-order valence-electron chi connectivity index (χ4n) is 2.42. The summed E-state index contributed by atoms with van der Waals surface area (Å²) in [4.78, 5) is 24.4. The predicted molar refractivity (Wildman–Crippen MR) is 97.6 cm³/mol. The SMILES string of the molecule is Cc1cc(C)cc(C(=O)Nc2ccccc2NC(=O)NC(C)C)c1. The number of carbonyl (C=O) groups is 2. The molecule has 3 N–H and O–H groups in total. The third-order valence-corrected chi connectivity index (χ3v) is 3.33. The van der Waals surface area contributed by atoms with E-state index in [1.807, 2.05) is 52.0 Å². The summed E-state index contributed by atoms with van der Waals surface area (Å²) >= 11 is 0. The van der Waals surface area contributed by atoms with Crippen LogP contribution in [0.4, 0.5) is 16.2 Å². The van der Waals surface area contributed by atoms with E-state index in [9.17, 15) is 9.59 Å². The van der Waals surface area contributed by atoms with Crippen LogP contribution in [0.1, 0.15) is 35.3 Å². The summed E-state index contributed by atoms with van der Waals surface area (Å²) < 4.78 is 0. The highest BCUT2D eigenvalue weighted by atomic mass is 16.2. The fourth-order valence-corrected chi connectivity index (χ4v) is 2.42. The van der Waals surface area contributed by atoms with Crippen LogP contribution in [0.25, 0.3) is 0 Å². The van der Waals surface area contributed by atoms with E-state index >= 15 is 0 Å². The Kier molecular flexibility index (Phi) is 5.58. The lowest BCUT2D eigenvalue weighted by Gasteiger charge is -2.14. The molecule has 2 rings (SSSR count). The number of nitrogens with one attached hydrogen (secondary N) is 3. The maximum absolute atomic E-state index is 12.5. The highest BCUT2D eigenvalue weighted by molar-refractivity contribution is 6.07. The zero-order valence-corrected chi connectivity index (χ0v) is 14.4. The lowest BCUT2D eigenvalue weighted by molar-refractivity contribution is 0.102. The molecule has 24 heavy (non-hydrogen) atoms. The van der Waals surface area contributed by atoms with Crippen LogP contribution in [0.3, 0.4) is 0 Å². The Labute approximate surface area is 142 Å². The molecule has 3 amide bonds. The second kappa shape index (κ2) is 7.64. The van der Waals surface area contributed by atoms with E-state index < -0.39 is 0 Å². The maximum atomic E-state index is 12.5. The molecule has 0 saturated carbocycles. The summed E-state index contributed by atoms with van der Waals surface area (Å²) in [6.07, 6.45) is 0. The molecule has 0 saturated heterocycles. The molecular formula is C19H23N3O2. The number of benzene rings is 2. The van der Waals surface area contributed by atoms with Crippen LogP contribution >= 0.6 is 0 Å². The van der Waals surface area contributed by atoms with Crippen LogP contribution in [-0.2, 0) is 0 Å². The van der Waals surface area contributed by atoms with Crippen molar-refractivity contribution in [3.8, 4) is 0 Å². The van der Waals surface area contributed by atoms with Gasteiger partial charge in [-0.25, -0.2) is 4.79 Å². The summed E-state index contributed by atoms with van der Waals surface area (Å²) in [5, 5.41) is 8.37. The molecule has 0 aliphatic carbocycles. The first kappa shape index (κ1) is 17.5. The Balaban J connectivity index is 2.17. The average Bonchev–Trinajstić information content (AvgIpc) is 2.47. The number of carbonyl (C=O) groups excluding carboxylic acids is 2. The quantitative estimate of drug-likeness (QED) is 0.792. The molecule has 2 aromatic rings. The van der Waals surface area contributed by atoms with Crippen molar-refractivity contribution in [3.05, 3.63) is 59.2 Å². The molecule has 0 radical (unpaired) electrons. The van der Waals surface area contributed by atoms with Gasteiger partial charge < -0.3 is 16.0 Å². The van der Waals surface area contributed by atoms with Crippen LogP contribution in [-0.4, -0.2) is 18.0 Å². The highest BCUT2D eigenvalue weighted by Gasteiger charge is 2.12. The Morgan fingerprint density at radius 3 is 1.96 bits per heavy atom. The predicted octanol–water partition coefficient (Wildman–Crippen LogP) is 4.09. The molecule has 5 heteroatoms. The molecule has 0 aromatic heterocycles. The highest BCUT2D eigenvalue weighted by Crippen LogP contribution is 2.22. The molecule has 2 aromatic carbocycles. The van der Waals surface area contributed by atoms with Crippen molar-refractivity contribution in [2.45, 2.75) is 33.7 Å². The van der Waals surface area contributed by atoms with Crippen molar-refractivity contribution in [2.24, 2.45) is 0 Å². The minimum Gasteiger partial charge on any atom is -0.336 e. The van der Waals surface area contributed by atoms with Gasteiger partial charge in [-0.05, 0) is 52.0 Å². The molecule has 0 aliphatic rings. The minimum absolute atomic E-state index is 0.0297. The van der Waals surface area contributed by atoms with Gasteiger partial charge in [0.1, 0.15) is 0 Å². The minimum atomic E-state index is -0.307. The van der Waals surface area contributed by atoms with Gasteiger partial charge in [0.2, 0.25) is 0 Å². The number of hydrogen-bond donors (Lipinski definition) is 3. The third-order valence-electron chi connectivity index (χ3n) is 3.33. The molecular weight excluding hydrogens is 302 g/mol. The number of aryl methyl sites for hydroxylation is 2. The lowest BCUT2D eigenvalue weighted by atomic mass is 10.1. The van der Waals surface area contributed by atoms with Gasteiger partial charge in [-0.15, -0.1) is 0 Å². The first-order chi connectivity index (χ1) is 11.3. The van der Waals surface area contributed by atoms with E-state index in [4.69, 9.17) is 0 Å². The van der Waals surface area contributed by atoms with Crippen molar-refractivity contribution < 1.29 is 9.59 Å². The van der Waals surface area contributed by atoms with Crippen LogP contribution in [0, 0.1) is 13.8 Å². The van der Waals surface area contributed by atoms with Gasteiger partial charge >= 0.3 is 6.03 Å². The van der Waals surface area contributed by atoms with Crippen LogP contribution < -0.4 is 16.0 Å². The molecule has 0 bridgehead atoms. The van der Waals surface area contributed by atoms with Crippen LogP contribution in [0.15, 0.2) is 42.5 Å². The summed E-state index contributed by atoms with van der Waals surface area (Å²) in [5.74, 6) is -0.208. The molecule has 0 spiro atoms. The number of urea groups is 1. The topological polar surface area (TPSA) is 70.2 Å². The second-order valence-corrected chi connectivity index (χ2v) is 6.13.